The molecule has 0 aliphatic rings. The van der Waals surface area contributed by atoms with Crippen molar-refractivity contribution in [1.82, 2.24) is 4.57 Å². The largest absolute Gasteiger partial charge is 0.378 e. The molecule has 2 aromatic carbocycles. The highest BCUT2D eigenvalue weighted by atomic mass is 15.1. The summed E-state index contributed by atoms with van der Waals surface area (Å²) in [6, 6.07) is 17.2. The highest BCUT2D eigenvalue weighted by molar-refractivity contribution is 5.84. The Labute approximate surface area is 156 Å². The number of aliphatic imine (C=N–C) groups is 1. The van der Waals surface area contributed by atoms with Crippen LogP contribution in [-0.2, 0) is 0 Å². The van der Waals surface area contributed by atoms with Gasteiger partial charge in [-0.3, -0.25) is 4.99 Å². The van der Waals surface area contributed by atoms with Crippen LogP contribution in [0.1, 0.15) is 28.1 Å². The van der Waals surface area contributed by atoms with E-state index in [0.29, 0.717) is 0 Å². The first-order valence-corrected chi connectivity index (χ1v) is 8.94. The Morgan fingerprint density at radius 2 is 1.46 bits per heavy atom. The lowest BCUT2D eigenvalue weighted by Crippen LogP contribution is -2.08. The van der Waals surface area contributed by atoms with Crippen molar-refractivity contribution in [2.24, 2.45) is 4.99 Å². The van der Waals surface area contributed by atoms with Gasteiger partial charge in [0.15, 0.2) is 0 Å². The lowest BCUT2D eigenvalue weighted by Gasteiger charge is -2.14. The van der Waals surface area contributed by atoms with Crippen LogP contribution >= 0.6 is 0 Å². The molecular weight excluding hydrogens is 318 g/mol. The standard InChI is InChI=1S/C23H27N3/c1-16-11-17(2)13-21(12-16)24-15-20-14-18(3)26(19(20)4)23-9-7-22(8-10-23)25(5)6/h7-15H,1-6H3. The van der Waals surface area contributed by atoms with Crippen LogP contribution in [0, 0.1) is 27.7 Å². The van der Waals surface area contributed by atoms with Gasteiger partial charge in [0.25, 0.3) is 0 Å². The molecule has 0 N–H and O–H groups in total. The average Bonchev–Trinajstić information content (AvgIpc) is 2.86. The van der Waals surface area contributed by atoms with Gasteiger partial charge in [-0.2, -0.15) is 0 Å². The molecule has 0 radical (unpaired) electrons. The number of aryl methyl sites for hydroxylation is 3. The van der Waals surface area contributed by atoms with Gasteiger partial charge in [0.2, 0.25) is 0 Å². The van der Waals surface area contributed by atoms with Crippen molar-refractivity contribution in [1.29, 1.82) is 0 Å². The van der Waals surface area contributed by atoms with E-state index in [2.05, 4.69) is 99.8 Å². The minimum atomic E-state index is 1.00. The van der Waals surface area contributed by atoms with Crippen LogP contribution in [0.4, 0.5) is 11.4 Å². The molecule has 3 heteroatoms. The van der Waals surface area contributed by atoms with Crippen LogP contribution in [0.3, 0.4) is 0 Å². The third-order valence-corrected chi connectivity index (χ3v) is 4.65. The van der Waals surface area contributed by atoms with E-state index >= 15 is 0 Å². The van der Waals surface area contributed by atoms with Crippen molar-refractivity contribution < 1.29 is 0 Å². The number of hydrogen-bond acceptors (Lipinski definition) is 2. The third-order valence-electron chi connectivity index (χ3n) is 4.65. The molecule has 0 amide bonds. The summed E-state index contributed by atoms with van der Waals surface area (Å²) >= 11 is 0. The summed E-state index contributed by atoms with van der Waals surface area (Å²) in [4.78, 5) is 6.81. The average molecular weight is 345 g/mol. The zero-order valence-corrected chi connectivity index (χ0v) is 16.5. The first-order chi connectivity index (χ1) is 12.3. The number of rotatable bonds is 4. The van der Waals surface area contributed by atoms with E-state index in [-0.39, 0.29) is 0 Å². The maximum atomic E-state index is 4.70. The van der Waals surface area contributed by atoms with Crippen LogP contribution in [-0.4, -0.2) is 24.9 Å². The van der Waals surface area contributed by atoms with Crippen LogP contribution in [0.15, 0.2) is 53.5 Å². The number of benzene rings is 2. The van der Waals surface area contributed by atoms with Crippen molar-refractivity contribution in [2.75, 3.05) is 19.0 Å². The fraction of sp³-hybridized carbons (Fsp3) is 0.261. The molecule has 3 aromatic rings. The lowest BCUT2D eigenvalue weighted by molar-refractivity contribution is 0.963. The first kappa shape index (κ1) is 18.0. The van der Waals surface area contributed by atoms with E-state index in [1.807, 2.05) is 6.21 Å². The molecule has 3 nitrogen and oxygen atoms in total. The molecule has 0 aliphatic heterocycles. The van der Waals surface area contributed by atoms with Gasteiger partial charge in [0.1, 0.15) is 0 Å². The van der Waals surface area contributed by atoms with Crippen molar-refractivity contribution in [3.05, 3.63) is 76.6 Å². The first-order valence-electron chi connectivity index (χ1n) is 8.94. The molecule has 1 aromatic heterocycles. The molecule has 134 valence electrons. The van der Waals surface area contributed by atoms with Gasteiger partial charge in [-0.05, 0) is 81.3 Å². The van der Waals surface area contributed by atoms with Gasteiger partial charge in [0, 0.05) is 48.6 Å². The molecule has 0 bridgehead atoms. The van der Waals surface area contributed by atoms with Crippen LogP contribution in [0.5, 0.6) is 0 Å². The minimum Gasteiger partial charge on any atom is -0.378 e. The Bertz CT molecular complexity index is 924. The zero-order valence-electron chi connectivity index (χ0n) is 16.5. The summed E-state index contributed by atoms with van der Waals surface area (Å²) in [6.45, 7) is 8.50. The monoisotopic (exact) mass is 345 g/mol. The predicted molar refractivity (Wildman–Crippen MR) is 113 cm³/mol. The number of nitrogens with zero attached hydrogens (tertiary/aromatic N) is 3. The minimum absolute atomic E-state index is 1.00. The molecule has 0 fully saturated rings. The predicted octanol–water partition coefficient (Wildman–Crippen LogP) is 5.53. The van der Waals surface area contributed by atoms with Gasteiger partial charge in [0.05, 0.1) is 5.69 Å². The van der Waals surface area contributed by atoms with E-state index in [1.165, 1.54) is 33.9 Å². The molecule has 0 aliphatic carbocycles. The van der Waals surface area contributed by atoms with E-state index in [0.717, 1.165) is 11.3 Å². The van der Waals surface area contributed by atoms with Gasteiger partial charge in [-0.1, -0.05) is 6.07 Å². The summed E-state index contributed by atoms with van der Waals surface area (Å²) in [5.74, 6) is 0. The Morgan fingerprint density at radius 1 is 0.846 bits per heavy atom. The smallest absolute Gasteiger partial charge is 0.0635 e. The molecule has 1 heterocycles. The highest BCUT2D eigenvalue weighted by Crippen LogP contribution is 2.23. The fourth-order valence-corrected chi connectivity index (χ4v) is 3.38. The summed E-state index contributed by atoms with van der Waals surface area (Å²) in [5, 5.41) is 0. The quantitative estimate of drug-likeness (QED) is 0.570. The normalized spacial score (nSPS) is 11.3. The Morgan fingerprint density at radius 3 is 2.04 bits per heavy atom. The van der Waals surface area contributed by atoms with Gasteiger partial charge in [-0.15, -0.1) is 0 Å². The lowest BCUT2D eigenvalue weighted by atomic mass is 10.1. The molecule has 0 unspecified atom stereocenters. The summed E-state index contributed by atoms with van der Waals surface area (Å²) in [6.07, 6.45) is 1.97. The second kappa shape index (κ2) is 7.20. The van der Waals surface area contributed by atoms with Crippen LogP contribution in [0.25, 0.3) is 5.69 Å². The van der Waals surface area contributed by atoms with E-state index < -0.39 is 0 Å². The topological polar surface area (TPSA) is 20.5 Å². The van der Waals surface area contributed by atoms with Crippen molar-refractivity contribution >= 4 is 17.6 Å². The van der Waals surface area contributed by atoms with Crippen LogP contribution < -0.4 is 4.90 Å². The van der Waals surface area contributed by atoms with E-state index in [4.69, 9.17) is 4.99 Å². The Balaban J connectivity index is 1.94. The highest BCUT2D eigenvalue weighted by Gasteiger charge is 2.09. The van der Waals surface area contributed by atoms with Gasteiger partial charge in [-0.25, -0.2) is 0 Å². The number of anilines is 1. The Kier molecular flexibility index (Phi) is 4.99. The van der Waals surface area contributed by atoms with Gasteiger partial charge >= 0.3 is 0 Å². The molecule has 0 saturated heterocycles. The second-order valence-electron chi connectivity index (χ2n) is 7.18. The van der Waals surface area contributed by atoms with Crippen molar-refractivity contribution in [3.63, 3.8) is 0 Å². The SMILES string of the molecule is Cc1cc(C)cc(N=Cc2cc(C)n(-c3ccc(N(C)C)cc3)c2C)c1. The number of hydrogen-bond donors (Lipinski definition) is 0. The Hall–Kier alpha value is -2.81. The maximum absolute atomic E-state index is 4.70. The molecule has 0 spiro atoms. The van der Waals surface area contributed by atoms with Crippen molar-refractivity contribution in [3.8, 4) is 5.69 Å². The molecule has 0 atom stereocenters. The fourth-order valence-electron chi connectivity index (χ4n) is 3.38. The maximum Gasteiger partial charge on any atom is 0.0635 e. The van der Waals surface area contributed by atoms with E-state index in [9.17, 15) is 0 Å². The molecular formula is C23H27N3. The second-order valence-corrected chi connectivity index (χ2v) is 7.18. The van der Waals surface area contributed by atoms with Crippen LogP contribution in [0.2, 0.25) is 0 Å². The molecule has 26 heavy (non-hydrogen) atoms. The number of aromatic nitrogens is 1. The molecule has 3 rings (SSSR count). The third kappa shape index (κ3) is 3.72. The van der Waals surface area contributed by atoms with Crippen molar-refractivity contribution in [2.45, 2.75) is 27.7 Å². The summed E-state index contributed by atoms with van der Waals surface area (Å²) in [7, 11) is 4.12. The zero-order chi connectivity index (χ0) is 18.8. The van der Waals surface area contributed by atoms with Gasteiger partial charge < -0.3 is 9.47 Å². The summed E-state index contributed by atoms with van der Waals surface area (Å²) in [5.41, 5.74) is 9.42. The van der Waals surface area contributed by atoms with E-state index in [1.54, 1.807) is 0 Å². The summed E-state index contributed by atoms with van der Waals surface area (Å²) < 4.78 is 2.28. The molecule has 0 saturated carbocycles.